The van der Waals surface area contributed by atoms with Gasteiger partial charge in [-0.05, 0) is 0 Å². The first-order valence-electron chi connectivity index (χ1n) is 6.20. The Morgan fingerprint density at radius 1 is 1.00 bits per heavy atom. The minimum atomic E-state index is 0.180. The molecule has 96 valence electrons. The number of hydrogen-bond donors (Lipinski definition) is 0. The molecule has 2 aromatic rings. The summed E-state index contributed by atoms with van der Waals surface area (Å²) >= 11 is 0.184. The topological polar surface area (TPSA) is 17.1 Å². The second kappa shape index (κ2) is 7.08. The normalized spacial score (nSPS) is 11.3. The van der Waals surface area contributed by atoms with Gasteiger partial charge in [0.25, 0.3) is 0 Å². The van der Waals surface area contributed by atoms with E-state index in [1.54, 1.807) is 6.92 Å². The van der Waals surface area contributed by atoms with Gasteiger partial charge in [-0.3, -0.25) is 0 Å². The molecule has 2 rings (SSSR count). The van der Waals surface area contributed by atoms with Crippen LogP contribution in [0.5, 0.6) is 0 Å². The van der Waals surface area contributed by atoms with E-state index < -0.39 is 0 Å². The number of carbonyl (C=O) groups excluding carboxylic acids is 1. The Morgan fingerprint density at radius 2 is 1.58 bits per heavy atom. The predicted molar refractivity (Wildman–Crippen MR) is 81.0 cm³/mol. The monoisotopic (exact) mass is 316 g/mol. The van der Waals surface area contributed by atoms with Crippen LogP contribution in [-0.4, -0.2) is 20.7 Å². The number of benzene rings is 2. The Labute approximate surface area is 120 Å². The average Bonchev–Trinajstić information content (AvgIpc) is 2.45. The van der Waals surface area contributed by atoms with Crippen molar-refractivity contribution in [2.45, 2.75) is 12.2 Å². The maximum absolute atomic E-state index is 11.7. The SMILES string of the molecule is CC(=O)C(=Cc1ccccc1)[Se]Cc1ccccc1. The first-order chi connectivity index (χ1) is 9.25. The summed E-state index contributed by atoms with van der Waals surface area (Å²) in [7, 11) is 0. The Hall–Kier alpha value is -1.63. The molecule has 0 atom stereocenters. The third-order valence-electron chi connectivity index (χ3n) is 2.68. The third-order valence-corrected chi connectivity index (χ3v) is 5.19. The van der Waals surface area contributed by atoms with Crippen molar-refractivity contribution in [1.29, 1.82) is 0 Å². The third kappa shape index (κ3) is 4.51. The summed E-state index contributed by atoms with van der Waals surface area (Å²) in [4.78, 5) is 11.7. The van der Waals surface area contributed by atoms with Gasteiger partial charge in [0.1, 0.15) is 0 Å². The van der Waals surface area contributed by atoms with E-state index in [2.05, 4.69) is 12.1 Å². The minimum absolute atomic E-state index is 0.180. The van der Waals surface area contributed by atoms with Crippen LogP contribution in [0.1, 0.15) is 18.1 Å². The summed E-state index contributed by atoms with van der Waals surface area (Å²) in [6.45, 7) is 1.65. The molecule has 0 heterocycles. The average molecular weight is 315 g/mol. The molecule has 0 fully saturated rings. The molecule has 0 saturated heterocycles. The second-order valence-corrected chi connectivity index (χ2v) is 6.38. The van der Waals surface area contributed by atoms with Gasteiger partial charge in [-0.25, -0.2) is 0 Å². The van der Waals surface area contributed by atoms with E-state index in [9.17, 15) is 4.79 Å². The van der Waals surface area contributed by atoms with E-state index in [0.29, 0.717) is 0 Å². The van der Waals surface area contributed by atoms with Crippen LogP contribution in [0.3, 0.4) is 0 Å². The van der Waals surface area contributed by atoms with E-state index in [0.717, 1.165) is 15.4 Å². The van der Waals surface area contributed by atoms with Crippen LogP contribution in [0.25, 0.3) is 6.08 Å². The standard InChI is InChI=1S/C17H16OSe/c1-14(18)17(12-15-8-4-2-5-9-15)19-13-16-10-6-3-7-11-16/h2-12H,13H2,1H3. The first kappa shape index (κ1) is 13.8. The molecule has 1 nitrogen and oxygen atoms in total. The summed E-state index contributed by atoms with van der Waals surface area (Å²) in [6.07, 6.45) is 2.02. The zero-order valence-electron chi connectivity index (χ0n) is 10.9. The molecule has 0 saturated carbocycles. The number of carbonyl (C=O) groups is 1. The molecule has 0 radical (unpaired) electrons. The molecular weight excluding hydrogens is 299 g/mol. The zero-order chi connectivity index (χ0) is 13.5. The van der Waals surface area contributed by atoms with Crippen molar-refractivity contribution in [2.75, 3.05) is 0 Å². The van der Waals surface area contributed by atoms with Crippen LogP contribution >= 0.6 is 0 Å². The van der Waals surface area contributed by atoms with E-state index in [1.165, 1.54) is 5.56 Å². The molecule has 0 amide bonds. The molecule has 0 aliphatic heterocycles. The first-order valence-corrected chi connectivity index (χ1v) is 8.27. The molecule has 0 aliphatic rings. The number of allylic oxidation sites excluding steroid dienone is 1. The zero-order valence-corrected chi connectivity index (χ0v) is 12.6. The van der Waals surface area contributed by atoms with E-state index in [-0.39, 0.29) is 20.7 Å². The molecule has 0 aromatic heterocycles. The van der Waals surface area contributed by atoms with Gasteiger partial charge < -0.3 is 0 Å². The van der Waals surface area contributed by atoms with Gasteiger partial charge >= 0.3 is 120 Å². The fraction of sp³-hybridized carbons (Fsp3) is 0.118. The summed E-state index contributed by atoms with van der Waals surface area (Å²) in [5, 5.41) is 0.964. The van der Waals surface area contributed by atoms with Crippen molar-refractivity contribution >= 4 is 26.8 Å². The van der Waals surface area contributed by atoms with Crippen LogP contribution < -0.4 is 0 Å². The molecule has 2 aromatic carbocycles. The quantitative estimate of drug-likeness (QED) is 0.609. The van der Waals surface area contributed by atoms with Crippen molar-refractivity contribution in [3.8, 4) is 0 Å². The van der Waals surface area contributed by atoms with Crippen LogP contribution in [-0.2, 0) is 10.1 Å². The second-order valence-electron chi connectivity index (χ2n) is 4.25. The van der Waals surface area contributed by atoms with Crippen LogP contribution in [0.15, 0.2) is 65.1 Å². The fourth-order valence-electron chi connectivity index (χ4n) is 1.68. The van der Waals surface area contributed by atoms with Crippen molar-refractivity contribution in [3.05, 3.63) is 76.3 Å². The summed E-state index contributed by atoms with van der Waals surface area (Å²) in [5.74, 6) is 0.180. The molecule has 0 bridgehead atoms. The van der Waals surface area contributed by atoms with Gasteiger partial charge in [-0.2, -0.15) is 0 Å². The van der Waals surface area contributed by atoms with Crippen molar-refractivity contribution in [1.82, 2.24) is 0 Å². The molecule has 2 heteroatoms. The molecule has 0 unspecified atom stereocenters. The van der Waals surface area contributed by atoms with Gasteiger partial charge in [-0.1, -0.05) is 0 Å². The van der Waals surface area contributed by atoms with Crippen LogP contribution in [0.2, 0.25) is 0 Å². The van der Waals surface area contributed by atoms with Gasteiger partial charge in [0.15, 0.2) is 0 Å². The summed E-state index contributed by atoms with van der Waals surface area (Å²) in [6, 6.07) is 20.4. The number of Topliss-reactive ketones (excluding diaryl/α,β-unsaturated/α-hetero) is 1. The van der Waals surface area contributed by atoms with Crippen LogP contribution in [0.4, 0.5) is 0 Å². The summed E-state index contributed by atoms with van der Waals surface area (Å²) < 4.78 is 0.947. The van der Waals surface area contributed by atoms with Crippen molar-refractivity contribution in [2.24, 2.45) is 0 Å². The molecule has 19 heavy (non-hydrogen) atoms. The van der Waals surface area contributed by atoms with E-state index >= 15 is 0 Å². The predicted octanol–water partition coefficient (Wildman–Crippen LogP) is 3.52. The van der Waals surface area contributed by atoms with Gasteiger partial charge in [-0.15, -0.1) is 0 Å². The van der Waals surface area contributed by atoms with Gasteiger partial charge in [0, 0.05) is 0 Å². The maximum atomic E-state index is 11.7. The molecular formula is C17H16OSe. The molecule has 0 aliphatic carbocycles. The Morgan fingerprint density at radius 3 is 2.16 bits per heavy atom. The van der Waals surface area contributed by atoms with E-state index in [4.69, 9.17) is 0 Å². The van der Waals surface area contributed by atoms with E-state index in [1.807, 2.05) is 54.6 Å². The summed E-state index contributed by atoms with van der Waals surface area (Å²) in [5.41, 5.74) is 2.39. The fourth-order valence-corrected chi connectivity index (χ4v) is 3.65. The number of hydrogen-bond acceptors (Lipinski definition) is 1. The Kier molecular flexibility index (Phi) is 5.14. The van der Waals surface area contributed by atoms with Gasteiger partial charge in [0.2, 0.25) is 0 Å². The van der Waals surface area contributed by atoms with Gasteiger partial charge in [0.05, 0.1) is 0 Å². The van der Waals surface area contributed by atoms with Crippen molar-refractivity contribution < 1.29 is 4.79 Å². The number of ketones is 1. The Bertz CT molecular complexity index is 558. The molecule has 0 N–H and O–H groups in total. The Balaban J connectivity index is 2.09. The number of rotatable bonds is 5. The van der Waals surface area contributed by atoms with Crippen molar-refractivity contribution in [3.63, 3.8) is 0 Å². The molecule has 0 spiro atoms. The van der Waals surface area contributed by atoms with Crippen LogP contribution in [0, 0.1) is 0 Å².